The van der Waals surface area contributed by atoms with Gasteiger partial charge in [-0.3, -0.25) is 0 Å². The number of nitrogens with zero attached hydrogens (tertiary/aromatic N) is 1. The molecule has 0 aromatic carbocycles. The fraction of sp³-hybridized carbons (Fsp3) is 0.417. The van der Waals surface area contributed by atoms with E-state index in [9.17, 15) is 0 Å². The van der Waals surface area contributed by atoms with Gasteiger partial charge in [-0.05, 0) is 41.0 Å². The molecule has 1 N–H and O–H groups in total. The van der Waals surface area contributed by atoms with Crippen LogP contribution >= 0.6 is 38.6 Å². The minimum absolute atomic E-state index is 0.386. The number of aromatic nitrogens is 1. The summed E-state index contributed by atoms with van der Waals surface area (Å²) < 4.78 is 1.19. The largest absolute Gasteiger partial charge is 0.309 e. The summed E-state index contributed by atoms with van der Waals surface area (Å²) in [6.07, 6.45) is 4.01. The first-order valence-corrected chi connectivity index (χ1v) is 8.15. The van der Waals surface area contributed by atoms with Crippen LogP contribution < -0.4 is 5.32 Å². The van der Waals surface area contributed by atoms with Crippen molar-refractivity contribution in [2.24, 2.45) is 0 Å². The van der Waals surface area contributed by atoms with Crippen molar-refractivity contribution in [1.29, 1.82) is 0 Å². The number of nitrogens with one attached hydrogen (secondary N) is 1. The third kappa shape index (κ3) is 3.88. The molecule has 0 amide bonds. The summed E-state index contributed by atoms with van der Waals surface area (Å²) in [6.45, 7) is 3.24. The molecule has 0 aliphatic rings. The number of rotatable bonds is 6. The molecule has 5 heteroatoms. The Hall–Kier alpha value is -0.230. The highest BCUT2D eigenvalue weighted by Gasteiger charge is 2.14. The molecule has 0 saturated carbocycles. The van der Waals surface area contributed by atoms with E-state index in [-0.39, 0.29) is 0 Å². The van der Waals surface area contributed by atoms with Gasteiger partial charge in [0.2, 0.25) is 0 Å². The lowest BCUT2D eigenvalue weighted by Gasteiger charge is -2.15. The second kappa shape index (κ2) is 6.64. The van der Waals surface area contributed by atoms with Crippen LogP contribution in [-0.2, 0) is 6.42 Å². The third-order valence-electron chi connectivity index (χ3n) is 2.44. The maximum absolute atomic E-state index is 4.37. The van der Waals surface area contributed by atoms with Gasteiger partial charge in [-0.15, -0.1) is 22.7 Å². The second-order valence-corrected chi connectivity index (χ2v) is 7.25. The molecule has 0 spiro atoms. The SMILES string of the molecule is CCCNC(Cc1nccs1)c1ccc(Br)s1. The molecule has 0 saturated heterocycles. The van der Waals surface area contributed by atoms with E-state index in [2.05, 4.69) is 45.3 Å². The highest BCUT2D eigenvalue weighted by molar-refractivity contribution is 9.11. The summed E-state index contributed by atoms with van der Waals surface area (Å²) in [6, 6.07) is 4.69. The molecule has 2 heterocycles. The number of hydrogen-bond donors (Lipinski definition) is 1. The second-order valence-electron chi connectivity index (χ2n) is 3.78. The van der Waals surface area contributed by atoms with E-state index in [1.807, 2.05) is 11.6 Å². The van der Waals surface area contributed by atoms with Crippen molar-refractivity contribution in [3.63, 3.8) is 0 Å². The first-order chi connectivity index (χ1) is 8.29. The Morgan fingerprint density at radius 1 is 1.47 bits per heavy atom. The first-order valence-electron chi connectivity index (χ1n) is 5.66. The van der Waals surface area contributed by atoms with E-state index in [4.69, 9.17) is 0 Å². The lowest BCUT2D eigenvalue weighted by Crippen LogP contribution is -2.23. The lowest BCUT2D eigenvalue weighted by molar-refractivity contribution is 0.535. The molecule has 0 aliphatic heterocycles. The lowest BCUT2D eigenvalue weighted by atomic mass is 10.1. The van der Waals surface area contributed by atoms with Gasteiger partial charge in [-0.25, -0.2) is 4.98 Å². The summed E-state index contributed by atoms with van der Waals surface area (Å²) in [5, 5.41) is 6.83. The van der Waals surface area contributed by atoms with Crippen molar-refractivity contribution >= 4 is 38.6 Å². The molecule has 1 unspecified atom stereocenters. The van der Waals surface area contributed by atoms with Gasteiger partial charge in [0.1, 0.15) is 0 Å². The maximum atomic E-state index is 4.37. The van der Waals surface area contributed by atoms with Gasteiger partial charge < -0.3 is 5.32 Å². The van der Waals surface area contributed by atoms with Crippen molar-refractivity contribution < 1.29 is 0 Å². The van der Waals surface area contributed by atoms with E-state index in [0.717, 1.165) is 19.4 Å². The quantitative estimate of drug-likeness (QED) is 0.856. The molecular formula is C12H15BrN2S2. The predicted octanol–water partition coefficient (Wildman–Crippen LogP) is 4.25. The van der Waals surface area contributed by atoms with Crippen LogP contribution in [0.25, 0.3) is 0 Å². The fourth-order valence-corrected chi connectivity index (χ4v) is 3.80. The van der Waals surface area contributed by atoms with Gasteiger partial charge in [-0.1, -0.05) is 6.92 Å². The van der Waals surface area contributed by atoms with Crippen LogP contribution in [0.15, 0.2) is 27.5 Å². The highest BCUT2D eigenvalue weighted by Crippen LogP contribution is 2.29. The minimum atomic E-state index is 0.386. The molecule has 17 heavy (non-hydrogen) atoms. The average molecular weight is 331 g/mol. The molecule has 0 radical (unpaired) electrons. The van der Waals surface area contributed by atoms with Crippen molar-refractivity contribution in [1.82, 2.24) is 10.3 Å². The Kier molecular flexibility index (Phi) is 5.16. The van der Waals surface area contributed by atoms with Crippen LogP contribution in [-0.4, -0.2) is 11.5 Å². The van der Waals surface area contributed by atoms with Gasteiger partial charge >= 0.3 is 0 Å². The van der Waals surface area contributed by atoms with Crippen LogP contribution in [0.5, 0.6) is 0 Å². The average Bonchev–Trinajstić information content (AvgIpc) is 2.95. The molecule has 2 rings (SSSR count). The van der Waals surface area contributed by atoms with Gasteiger partial charge in [0, 0.05) is 28.9 Å². The maximum Gasteiger partial charge on any atom is 0.0944 e. The summed E-state index contributed by atoms with van der Waals surface area (Å²) in [7, 11) is 0. The zero-order chi connectivity index (χ0) is 12.1. The van der Waals surface area contributed by atoms with Crippen LogP contribution in [0.2, 0.25) is 0 Å². The molecule has 92 valence electrons. The normalized spacial score (nSPS) is 12.8. The zero-order valence-electron chi connectivity index (χ0n) is 9.65. The molecule has 2 aromatic rings. The summed E-state index contributed by atoms with van der Waals surface area (Å²) in [5.74, 6) is 0. The van der Waals surface area contributed by atoms with Crippen LogP contribution in [0.3, 0.4) is 0 Å². The minimum Gasteiger partial charge on any atom is -0.309 e. The van der Waals surface area contributed by atoms with E-state index >= 15 is 0 Å². The number of thiophene rings is 1. The number of hydrogen-bond acceptors (Lipinski definition) is 4. The van der Waals surface area contributed by atoms with E-state index in [1.165, 1.54) is 13.7 Å². The van der Waals surface area contributed by atoms with Gasteiger partial charge in [0.05, 0.1) is 8.79 Å². The smallest absolute Gasteiger partial charge is 0.0944 e. The number of halogens is 1. The Bertz CT molecular complexity index is 439. The molecule has 1 atom stereocenters. The van der Waals surface area contributed by atoms with Gasteiger partial charge in [0.15, 0.2) is 0 Å². The van der Waals surface area contributed by atoms with Crippen LogP contribution in [0.4, 0.5) is 0 Å². The monoisotopic (exact) mass is 330 g/mol. The van der Waals surface area contributed by atoms with E-state index in [0.29, 0.717) is 6.04 Å². The Morgan fingerprint density at radius 3 is 2.94 bits per heavy atom. The fourth-order valence-electron chi connectivity index (χ4n) is 1.64. The standard InChI is InChI=1S/C12H15BrN2S2/c1-2-5-14-9(8-12-15-6-7-16-12)10-3-4-11(13)17-10/h3-4,6-7,9,14H,2,5,8H2,1H3. The topological polar surface area (TPSA) is 24.9 Å². The Morgan fingerprint density at radius 2 is 2.35 bits per heavy atom. The Labute approximate surface area is 118 Å². The van der Waals surface area contributed by atoms with Crippen molar-refractivity contribution in [2.75, 3.05) is 6.54 Å². The summed E-state index contributed by atoms with van der Waals surface area (Å²) in [5.41, 5.74) is 0. The van der Waals surface area contributed by atoms with Crippen LogP contribution in [0.1, 0.15) is 29.3 Å². The number of thiazole rings is 1. The van der Waals surface area contributed by atoms with Gasteiger partial charge in [0.25, 0.3) is 0 Å². The summed E-state index contributed by atoms with van der Waals surface area (Å²) in [4.78, 5) is 5.74. The van der Waals surface area contributed by atoms with Crippen molar-refractivity contribution in [2.45, 2.75) is 25.8 Å². The molecule has 0 fully saturated rings. The Balaban J connectivity index is 2.07. The molecule has 0 aliphatic carbocycles. The van der Waals surface area contributed by atoms with Crippen LogP contribution in [0, 0.1) is 0 Å². The highest BCUT2D eigenvalue weighted by atomic mass is 79.9. The molecule has 2 nitrogen and oxygen atoms in total. The molecule has 2 aromatic heterocycles. The van der Waals surface area contributed by atoms with Gasteiger partial charge in [-0.2, -0.15) is 0 Å². The first kappa shape index (κ1) is 13.2. The van der Waals surface area contributed by atoms with E-state index < -0.39 is 0 Å². The van der Waals surface area contributed by atoms with Crippen molar-refractivity contribution in [3.8, 4) is 0 Å². The zero-order valence-corrected chi connectivity index (χ0v) is 12.9. The summed E-state index contributed by atoms with van der Waals surface area (Å²) >= 11 is 7.05. The molecule has 0 bridgehead atoms. The third-order valence-corrected chi connectivity index (χ3v) is 4.98. The molecular weight excluding hydrogens is 316 g/mol. The van der Waals surface area contributed by atoms with E-state index in [1.54, 1.807) is 22.7 Å². The van der Waals surface area contributed by atoms with Crippen molar-refractivity contribution in [3.05, 3.63) is 37.4 Å². The predicted molar refractivity (Wildman–Crippen MR) is 78.9 cm³/mol.